The van der Waals surface area contributed by atoms with Gasteiger partial charge in [-0.2, -0.15) is 11.3 Å². The van der Waals surface area contributed by atoms with Crippen molar-refractivity contribution in [3.63, 3.8) is 0 Å². The zero-order valence-electron chi connectivity index (χ0n) is 7.84. The molecule has 2 aromatic heterocycles. The summed E-state index contributed by atoms with van der Waals surface area (Å²) < 4.78 is 1.96. The molecule has 0 aliphatic heterocycles. The number of hydrazine groups is 1. The Morgan fingerprint density at radius 1 is 1.64 bits per heavy atom. The van der Waals surface area contributed by atoms with Crippen molar-refractivity contribution in [2.45, 2.75) is 6.04 Å². The smallest absolute Gasteiger partial charge is 0.131 e. The Labute approximate surface area is 86.4 Å². The van der Waals surface area contributed by atoms with Crippen LogP contribution in [0.3, 0.4) is 0 Å². The van der Waals surface area contributed by atoms with Crippen molar-refractivity contribution in [2.75, 3.05) is 0 Å². The maximum atomic E-state index is 5.53. The average Bonchev–Trinajstić information content (AvgIpc) is 2.80. The molecule has 1 unspecified atom stereocenters. The minimum absolute atomic E-state index is 0.0266. The number of thiophene rings is 1. The summed E-state index contributed by atoms with van der Waals surface area (Å²) in [4.78, 5) is 4.27. The van der Waals surface area contributed by atoms with Crippen LogP contribution in [0.15, 0.2) is 29.2 Å². The number of hydrogen-bond donors (Lipinski definition) is 2. The van der Waals surface area contributed by atoms with Crippen LogP contribution >= 0.6 is 11.3 Å². The van der Waals surface area contributed by atoms with Crippen molar-refractivity contribution < 1.29 is 0 Å². The Kier molecular flexibility index (Phi) is 2.62. The summed E-state index contributed by atoms with van der Waals surface area (Å²) in [7, 11) is 1.96. The van der Waals surface area contributed by atoms with Gasteiger partial charge in [-0.1, -0.05) is 0 Å². The Morgan fingerprint density at radius 2 is 2.50 bits per heavy atom. The number of nitrogens with two attached hydrogens (primary N) is 1. The van der Waals surface area contributed by atoms with Gasteiger partial charge in [-0.05, 0) is 22.4 Å². The van der Waals surface area contributed by atoms with E-state index in [1.165, 1.54) is 0 Å². The summed E-state index contributed by atoms with van der Waals surface area (Å²) >= 11 is 1.65. The minimum atomic E-state index is -0.0266. The zero-order valence-corrected chi connectivity index (χ0v) is 8.66. The van der Waals surface area contributed by atoms with E-state index in [4.69, 9.17) is 5.84 Å². The summed E-state index contributed by atoms with van der Waals surface area (Å²) in [6, 6.07) is 2.02. The monoisotopic (exact) mass is 208 g/mol. The molecule has 74 valence electrons. The van der Waals surface area contributed by atoms with Crippen LogP contribution in [0.4, 0.5) is 0 Å². The van der Waals surface area contributed by atoms with E-state index in [1.807, 2.05) is 29.3 Å². The SMILES string of the molecule is Cn1ccnc1C(NN)c1ccsc1. The minimum Gasteiger partial charge on any atom is -0.336 e. The molecule has 0 aliphatic carbocycles. The lowest BCUT2D eigenvalue weighted by Crippen LogP contribution is -2.30. The van der Waals surface area contributed by atoms with Crippen molar-refractivity contribution in [2.24, 2.45) is 12.9 Å². The molecule has 2 rings (SSSR count). The number of aromatic nitrogens is 2. The summed E-state index contributed by atoms with van der Waals surface area (Å²) in [6.45, 7) is 0. The first-order valence-corrected chi connectivity index (χ1v) is 5.22. The molecule has 0 aliphatic rings. The molecule has 2 aromatic rings. The second-order valence-electron chi connectivity index (χ2n) is 3.05. The van der Waals surface area contributed by atoms with Crippen LogP contribution < -0.4 is 11.3 Å². The summed E-state index contributed by atoms with van der Waals surface area (Å²) in [5.74, 6) is 6.45. The highest BCUT2D eigenvalue weighted by atomic mass is 32.1. The van der Waals surface area contributed by atoms with E-state index in [0.29, 0.717) is 0 Å². The average molecular weight is 208 g/mol. The second-order valence-corrected chi connectivity index (χ2v) is 3.83. The van der Waals surface area contributed by atoms with Crippen molar-refractivity contribution >= 4 is 11.3 Å². The van der Waals surface area contributed by atoms with Gasteiger partial charge in [0.05, 0.1) is 0 Å². The maximum Gasteiger partial charge on any atom is 0.131 e. The van der Waals surface area contributed by atoms with Crippen LogP contribution in [0.2, 0.25) is 0 Å². The molecule has 4 nitrogen and oxygen atoms in total. The number of nitrogens with one attached hydrogen (secondary N) is 1. The van der Waals surface area contributed by atoms with E-state index in [0.717, 1.165) is 11.4 Å². The molecule has 0 fully saturated rings. The lowest BCUT2D eigenvalue weighted by atomic mass is 10.1. The third-order valence-electron chi connectivity index (χ3n) is 2.16. The molecule has 0 amide bonds. The lowest BCUT2D eigenvalue weighted by Gasteiger charge is -2.13. The number of imidazole rings is 1. The molecule has 1 atom stereocenters. The van der Waals surface area contributed by atoms with Gasteiger partial charge in [0.1, 0.15) is 11.9 Å². The van der Waals surface area contributed by atoms with Gasteiger partial charge in [-0.25, -0.2) is 10.4 Å². The van der Waals surface area contributed by atoms with Crippen molar-refractivity contribution in [1.29, 1.82) is 0 Å². The predicted molar refractivity (Wildman–Crippen MR) is 56.7 cm³/mol. The lowest BCUT2D eigenvalue weighted by molar-refractivity contribution is 0.581. The topological polar surface area (TPSA) is 55.9 Å². The fourth-order valence-electron chi connectivity index (χ4n) is 1.41. The number of hydrogen-bond acceptors (Lipinski definition) is 4. The molecule has 0 radical (unpaired) electrons. The molecule has 5 heteroatoms. The van der Waals surface area contributed by atoms with E-state index in [2.05, 4.69) is 15.8 Å². The zero-order chi connectivity index (χ0) is 9.97. The third kappa shape index (κ3) is 1.57. The Hall–Kier alpha value is -1.17. The number of rotatable bonds is 3. The second kappa shape index (κ2) is 3.91. The fourth-order valence-corrected chi connectivity index (χ4v) is 2.10. The molecular weight excluding hydrogens is 196 g/mol. The highest BCUT2D eigenvalue weighted by molar-refractivity contribution is 7.07. The first-order chi connectivity index (χ1) is 6.83. The first kappa shape index (κ1) is 9.39. The van der Waals surface area contributed by atoms with Gasteiger partial charge in [0.25, 0.3) is 0 Å². The predicted octanol–water partition coefficient (Wildman–Crippen LogP) is 1.03. The standard InChI is InChI=1S/C9H12N4S/c1-13-4-3-11-9(13)8(12-10)7-2-5-14-6-7/h2-6,8,12H,10H2,1H3. The fraction of sp³-hybridized carbons (Fsp3) is 0.222. The van der Waals surface area contributed by atoms with Gasteiger partial charge in [-0.15, -0.1) is 0 Å². The van der Waals surface area contributed by atoms with Crippen LogP contribution in [0.25, 0.3) is 0 Å². The van der Waals surface area contributed by atoms with E-state index in [1.54, 1.807) is 17.5 Å². The molecule has 3 N–H and O–H groups in total. The molecule has 0 aromatic carbocycles. The van der Waals surface area contributed by atoms with Crippen LogP contribution in [0.1, 0.15) is 17.4 Å². The summed E-state index contributed by atoms with van der Waals surface area (Å²) in [5, 5.41) is 4.10. The first-order valence-electron chi connectivity index (χ1n) is 4.28. The van der Waals surface area contributed by atoms with E-state index in [-0.39, 0.29) is 6.04 Å². The highest BCUT2D eigenvalue weighted by Crippen LogP contribution is 2.21. The van der Waals surface area contributed by atoms with E-state index >= 15 is 0 Å². The van der Waals surface area contributed by atoms with Crippen molar-refractivity contribution in [1.82, 2.24) is 15.0 Å². The quantitative estimate of drug-likeness (QED) is 0.585. The number of nitrogens with zero attached hydrogens (tertiary/aromatic N) is 2. The van der Waals surface area contributed by atoms with Gasteiger partial charge in [0, 0.05) is 19.4 Å². The molecular formula is C9H12N4S. The van der Waals surface area contributed by atoms with Gasteiger partial charge in [0.15, 0.2) is 0 Å². The van der Waals surface area contributed by atoms with Crippen molar-refractivity contribution in [3.8, 4) is 0 Å². The van der Waals surface area contributed by atoms with E-state index < -0.39 is 0 Å². The molecule has 0 spiro atoms. The Morgan fingerprint density at radius 3 is 3.00 bits per heavy atom. The molecule has 14 heavy (non-hydrogen) atoms. The maximum absolute atomic E-state index is 5.53. The van der Waals surface area contributed by atoms with E-state index in [9.17, 15) is 0 Å². The summed E-state index contributed by atoms with van der Waals surface area (Å²) in [5.41, 5.74) is 3.92. The van der Waals surface area contributed by atoms with Crippen molar-refractivity contribution in [3.05, 3.63) is 40.6 Å². The summed E-state index contributed by atoms with van der Waals surface area (Å²) in [6.07, 6.45) is 3.68. The van der Waals surface area contributed by atoms with Crippen LogP contribution in [0, 0.1) is 0 Å². The normalized spacial score (nSPS) is 13.0. The van der Waals surface area contributed by atoms with Crippen LogP contribution in [-0.2, 0) is 7.05 Å². The van der Waals surface area contributed by atoms with Gasteiger partial charge in [-0.3, -0.25) is 5.84 Å². The molecule has 0 saturated carbocycles. The van der Waals surface area contributed by atoms with Crippen LogP contribution in [-0.4, -0.2) is 9.55 Å². The van der Waals surface area contributed by atoms with Gasteiger partial charge >= 0.3 is 0 Å². The number of aryl methyl sites for hydroxylation is 1. The van der Waals surface area contributed by atoms with Gasteiger partial charge < -0.3 is 4.57 Å². The highest BCUT2D eigenvalue weighted by Gasteiger charge is 2.16. The molecule has 0 bridgehead atoms. The molecule has 0 saturated heterocycles. The Balaban J connectivity index is 2.36. The Bertz CT molecular complexity index is 393. The largest absolute Gasteiger partial charge is 0.336 e. The molecule has 2 heterocycles. The van der Waals surface area contributed by atoms with Crippen LogP contribution in [0.5, 0.6) is 0 Å². The third-order valence-corrected chi connectivity index (χ3v) is 2.86. The van der Waals surface area contributed by atoms with Gasteiger partial charge in [0.2, 0.25) is 0 Å².